The summed E-state index contributed by atoms with van der Waals surface area (Å²) in [5.41, 5.74) is 0. The van der Waals surface area contributed by atoms with Crippen LogP contribution in [0.4, 0.5) is 0 Å². The molecule has 2 aliphatic heterocycles. The van der Waals surface area contributed by atoms with Crippen molar-refractivity contribution >= 4 is 23.6 Å². The molecule has 4 amide bonds. The average molecular weight is 667 g/mol. The van der Waals surface area contributed by atoms with Gasteiger partial charge >= 0.3 is 0 Å². The third-order valence-electron chi connectivity index (χ3n) is 7.47. The summed E-state index contributed by atoms with van der Waals surface area (Å²) >= 11 is 0. The summed E-state index contributed by atoms with van der Waals surface area (Å²) in [6, 6.07) is 0. The molecule has 0 aromatic heterocycles. The predicted octanol–water partition coefficient (Wildman–Crippen LogP) is -4.57. The van der Waals surface area contributed by atoms with E-state index in [1.165, 1.54) is 13.8 Å². The van der Waals surface area contributed by atoms with Crippen molar-refractivity contribution in [2.24, 2.45) is 0 Å². The summed E-state index contributed by atoms with van der Waals surface area (Å²) in [7, 11) is 0. The van der Waals surface area contributed by atoms with Crippen LogP contribution in [0.2, 0.25) is 0 Å². The van der Waals surface area contributed by atoms with Crippen molar-refractivity contribution in [1.82, 2.24) is 20.9 Å². The van der Waals surface area contributed by atoms with Crippen LogP contribution in [0, 0.1) is 0 Å². The van der Waals surface area contributed by atoms with Crippen molar-refractivity contribution in [2.75, 3.05) is 45.9 Å². The molecule has 0 aliphatic carbocycles. The van der Waals surface area contributed by atoms with Gasteiger partial charge in [-0.3, -0.25) is 19.2 Å². The van der Waals surface area contributed by atoms with Crippen molar-refractivity contribution in [1.29, 1.82) is 0 Å². The molecule has 2 fully saturated rings. The molecule has 0 radical (unpaired) electrons. The van der Waals surface area contributed by atoms with Gasteiger partial charge in [0.1, 0.15) is 49.7 Å². The molecule has 9 N–H and O–H groups in total. The van der Waals surface area contributed by atoms with Crippen LogP contribution in [-0.2, 0) is 38.1 Å². The van der Waals surface area contributed by atoms with Gasteiger partial charge in [-0.05, 0) is 33.6 Å². The van der Waals surface area contributed by atoms with Gasteiger partial charge in [0.25, 0.3) is 0 Å². The van der Waals surface area contributed by atoms with Crippen molar-refractivity contribution in [3.8, 4) is 0 Å². The molecular weight excluding hydrogens is 616 g/mol. The van der Waals surface area contributed by atoms with Crippen LogP contribution in [-0.4, -0.2) is 167 Å². The number of aliphatic hydroxyl groups excluding tert-OH is 6. The molecular formula is C28H50N4O14. The summed E-state index contributed by atoms with van der Waals surface area (Å²) in [5.74, 6) is -1.85. The summed E-state index contributed by atoms with van der Waals surface area (Å²) < 4.78 is 21.4. The Morgan fingerprint density at radius 1 is 0.630 bits per heavy atom. The first-order valence-corrected chi connectivity index (χ1v) is 15.5. The predicted molar refractivity (Wildman–Crippen MR) is 156 cm³/mol. The lowest BCUT2D eigenvalue weighted by molar-refractivity contribution is -0.292. The van der Waals surface area contributed by atoms with Gasteiger partial charge in [0.2, 0.25) is 23.6 Å². The Morgan fingerprint density at radius 3 is 1.50 bits per heavy atom. The molecule has 2 rings (SSSR count). The van der Waals surface area contributed by atoms with Crippen LogP contribution in [0.15, 0.2) is 0 Å². The van der Waals surface area contributed by atoms with E-state index in [0.29, 0.717) is 19.4 Å². The standard InChI is InChI=1S/C28H50N4O14/c1-4-29-17(33)7-5-6-8-20(36)32(13-18(34)30-9-11-43-27-25(41)23(39)21(37)15(2)45-27)14-19(35)31-10-12-44-28-26(42)24(40)22(38)16(3)46-28/h15-16,21-28,37-42H,4-14H2,1-3H3,(H,29,33)(H,30,34)(H,31,35)/t15-,16-,21+,22+,23+,24+,25-,26-,27+,28+/m0/s1. The molecule has 0 bridgehead atoms. The maximum atomic E-state index is 12.9. The topological polar surface area (TPSA) is 266 Å². The zero-order valence-electron chi connectivity index (χ0n) is 26.4. The van der Waals surface area contributed by atoms with Gasteiger partial charge in [-0.15, -0.1) is 0 Å². The second kappa shape index (κ2) is 20.0. The van der Waals surface area contributed by atoms with Crippen molar-refractivity contribution in [3.63, 3.8) is 0 Å². The third-order valence-corrected chi connectivity index (χ3v) is 7.47. The average Bonchev–Trinajstić information content (AvgIpc) is 3.01. The zero-order chi connectivity index (χ0) is 34.4. The highest BCUT2D eigenvalue weighted by atomic mass is 16.7. The van der Waals surface area contributed by atoms with Gasteiger partial charge in [0, 0.05) is 32.5 Å². The molecule has 0 saturated carbocycles. The first-order chi connectivity index (χ1) is 21.8. The van der Waals surface area contributed by atoms with E-state index in [4.69, 9.17) is 18.9 Å². The first kappa shape index (κ1) is 39.7. The second-order valence-corrected chi connectivity index (χ2v) is 11.2. The lowest BCUT2D eigenvalue weighted by Gasteiger charge is -2.38. The Kier molecular flexibility index (Phi) is 17.2. The highest BCUT2D eigenvalue weighted by Crippen LogP contribution is 2.22. The van der Waals surface area contributed by atoms with Crippen molar-refractivity contribution < 1.29 is 68.8 Å². The number of carbonyl (C=O) groups excluding carboxylic acids is 4. The molecule has 0 unspecified atom stereocenters. The van der Waals surface area contributed by atoms with Crippen LogP contribution >= 0.6 is 0 Å². The summed E-state index contributed by atoms with van der Waals surface area (Å²) in [4.78, 5) is 51.0. The molecule has 266 valence electrons. The highest BCUT2D eigenvalue weighted by molar-refractivity contribution is 5.89. The molecule has 18 nitrogen and oxygen atoms in total. The monoisotopic (exact) mass is 666 g/mol. The van der Waals surface area contributed by atoms with Gasteiger partial charge in [-0.2, -0.15) is 0 Å². The summed E-state index contributed by atoms with van der Waals surface area (Å²) in [6.07, 6.45) is -11.6. The number of amides is 4. The van der Waals surface area contributed by atoms with E-state index in [1.54, 1.807) is 6.92 Å². The Bertz CT molecular complexity index is 920. The molecule has 0 aromatic rings. The normalized spacial score (nSPS) is 31.2. The molecule has 18 heteroatoms. The smallest absolute Gasteiger partial charge is 0.239 e. The highest BCUT2D eigenvalue weighted by Gasteiger charge is 2.43. The van der Waals surface area contributed by atoms with Crippen LogP contribution in [0.3, 0.4) is 0 Å². The minimum atomic E-state index is -1.50. The number of carbonyl (C=O) groups is 4. The summed E-state index contributed by atoms with van der Waals surface area (Å²) in [6.45, 7) is 3.96. The second-order valence-electron chi connectivity index (χ2n) is 11.2. The van der Waals surface area contributed by atoms with E-state index in [9.17, 15) is 49.8 Å². The third kappa shape index (κ3) is 12.6. The van der Waals surface area contributed by atoms with Gasteiger partial charge in [-0.25, -0.2) is 0 Å². The van der Waals surface area contributed by atoms with Crippen LogP contribution in [0.25, 0.3) is 0 Å². The molecule has 2 aliphatic rings. The molecule has 0 aromatic carbocycles. The molecule has 46 heavy (non-hydrogen) atoms. The van der Waals surface area contributed by atoms with Gasteiger partial charge in [0.15, 0.2) is 12.6 Å². The maximum absolute atomic E-state index is 12.9. The fourth-order valence-corrected chi connectivity index (χ4v) is 4.73. The maximum Gasteiger partial charge on any atom is 0.239 e. The fraction of sp³-hybridized carbons (Fsp3) is 0.857. The summed E-state index contributed by atoms with van der Waals surface area (Å²) in [5, 5.41) is 67.1. The number of nitrogens with zero attached hydrogens (tertiary/aromatic N) is 1. The SMILES string of the molecule is CCNC(=O)CCCCC(=O)N(CC(=O)NCCO[C@@H]1O[C@@H](C)[C@@H](O)[C@@H](O)[C@@H]1O)CC(=O)NCCO[C@@H]1O[C@@H](C)[C@@H](O)[C@@H](O)[C@@H]1O. The Labute approximate surface area is 267 Å². The lowest BCUT2D eigenvalue weighted by Crippen LogP contribution is -2.57. The van der Waals surface area contributed by atoms with Crippen LogP contribution in [0.5, 0.6) is 0 Å². The van der Waals surface area contributed by atoms with Gasteiger partial charge < -0.3 is 70.4 Å². The fourth-order valence-electron chi connectivity index (χ4n) is 4.73. The quantitative estimate of drug-likeness (QED) is 0.0624. The molecule has 2 heterocycles. The van der Waals surface area contributed by atoms with E-state index in [-0.39, 0.29) is 45.1 Å². The van der Waals surface area contributed by atoms with Gasteiger partial charge in [-0.1, -0.05) is 0 Å². The van der Waals surface area contributed by atoms with Gasteiger partial charge in [0.05, 0.1) is 25.4 Å². The zero-order valence-corrected chi connectivity index (χ0v) is 26.4. The Balaban J connectivity index is 1.83. The van der Waals surface area contributed by atoms with E-state index >= 15 is 0 Å². The Morgan fingerprint density at radius 2 is 1.07 bits per heavy atom. The first-order valence-electron chi connectivity index (χ1n) is 15.5. The lowest BCUT2D eigenvalue weighted by atomic mass is 10.0. The van der Waals surface area contributed by atoms with Crippen molar-refractivity contribution in [3.05, 3.63) is 0 Å². The molecule has 0 spiro atoms. The number of aliphatic hydroxyl groups is 6. The van der Waals surface area contributed by atoms with E-state index in [1.807, 2.05) is 0 Å². The van der Waals surface area contributed by atoms with Crippen LogP contribution in [0.1, 0.15) is 46.5 Å². The number of hydrogen-bond acceptors (Lipinski definition) is 14. The number of ether oxygens (including phenoxy) is 4. The minimum absolute atomic E-state index is 0.0152. The molecule has 10 atom stereocenters. The number of nitrogens with one attached hydrogen (secondary N) is 3. The number of hydrogen-bond donors (Lipinski definition) is 9. The largest absolute Gasteiger partial charge is 0.388 e. The van der Waals surface area contributed by atoms with E-state index in [0.717, 1.165) is 4.90 Å². The number of unbranched alkanes of at least 4 members (excludes halogenated alkanes) is 1. The van der Waals surface area contributed by atoms with E-state index in [2.05, 4.69) is 16.0 Å². The molecule has 2 saturated heterocycles. The van der Waals surface area contributed by atoms with E-state index < -0.39 is 92.2 Å². The number of rotatable bonds is 18. The van der Waals surface area contributed by atoms with Crippen molar-refractivity contribution in [2.45, 2.75) is 108 Å². The van der Waals surface area contributed by atoms with Crippen LogP contribution < -0.4 is 16.0 Å². The minimum Gasteiger partial charge on any atom is -0.388 e. The Hall–Kier alpha value is -2.52.